The number of hydrogen-bond acceptors (Lipinski definition) is 4. The molecule has 2 rings (SSSR count). The van der Waals surface area contributed by atoms with Crippen LogP contribution >= 0.6 is 0 Å². The monoisotopic (exact) mass is 334 g/mol. The molecule has 1 fully saturated rings. The van der Waals surface area contributed by atoms with Gasteiger partial charge in [-0.05, 0) is 37.0 Å². The van der Waals surface area contributed by atoms with E-state index in [-0.39, 0.29) is 11.8 Å². The number of amides is 2. The highest BCUT2D eigenvalue weighted by Crippen LogP contribution is 2.20. The summed E-state index contributed by atoms with van der Waals surface area (Å²) in [7, 11) is 0. The van der Waals surface area contributed by atoms with Crippen molar-refractivity contribution >= 4 is 17.8 Å². The van der Waals surface area contributed by atoms with Gasteiger partial charge in [0.15, 0.2) is 6.61 Å². The molecule has 1 aromatic carbocycles. The topological polar surface area (TPSA) is 95.9 Å². The van der Waals surface area contributed by atoms with Crippen molar-refractivity contribution < 1.29 is 24.2 Å². The number of nitrogens with zero attached hydrogens (tertiary/aromatic N) is 1. The summed E-state index contributed by atoms with van der Waals surface area (Å²) < 4.78 is 5.11. The van der Waals surface area contributed by atoms with Crippen LogP contribution in [-0.2, 0) is 9.59 Å². The minimum atomic E-state index is -1.06. The number of hydrogen-bond donors (Lipinski definition) is 2. The largest absolute Gasteiger partial charge is 0.482 e. The number of likely N-dealkylation sites (tertiary alicyclic amines) is 1. The van der Waals surface area contributed by atoms with Gasteiger partial charge in [-0.1, -0.05) is 6.07 Å². The summed E-state index contributed by atoms with van der Waals surface area (Å²) in [5, 5.41) is 11.4. The van der Waals surface area contributed by atoms with E-state index in [0.717, 1.165) is 12.8 Å². The predicted molar refractivity (Wildman–Crippen MR) is 86.9 cm³/mol. The van der Waals surface area contributed by atoms with Gasteiger partial charge in [0.1, 0.15) is 5.75 Å². The van der Waals surface area contributed by atoms with E-state index in [2.05, 4.69) is 5.32 Å². The molecule has 1 aromatic rings. The highest BCUT2D eigenvalue weighted by molar-refractivity contribution is 5.94. The van der Waals surface area contributed by atoms with Crippen molar-refractivity contribution in [2.24, 2.45) is 5.92 Å². The standard InChI is InChI=1S/C17H22N2O5/c1-12(20)18-10-13-5-7-19(8-6-13)17(23)14-3-2-4-15(9-14)24-11-16(21)22/h2-4,9,13H,5-8,10-11H2,1H3,(H,18,20)(H,21,22). The van der Waals surface area contributed by atoms with E-state index in [1.165, 1.54) is 6.92 Å². The van der Waals surface area contributed by atoms with Crippen LogP contribution in [0.4, 0.5) is 0 Å². The summed E-state index contributed by atoms with van der Waals surface area (Å²) in [6.07, 6.45) is 1.70. The highest BCUT2D eigenvalue weighted by Gasteiger charge is 2.23. The van der Waals surface area contributed by atoms with E-state index in [0.29, 0.717) is 36.9 Å². The van der Waals surface area contributed by atoms with Crippen LogP contribution in [0.25, 0.3) is 0 Å². The van der Waals surface area contributed by atoms with Gasteiger partial charge in [0.05, 0.1) is 0 Å². The van der Waals surface area contributed by atoms with Crippen LogP contribution in [0, 0.1) is 5.92 Å². The zero-order valence-electron chi connectivity index (χ0n) is 13.7. The molecule has 2 amide bonds. The molecule has 7 heteroatoms. The summed E-state index contributed by atoms with van der Waals surface area (Å²) >= 11 is 0. The fourth-order valence-electron chi connectivity index (χ4n) is 2.67. The van der Waals surface area contributed by atoms with E-state index in [4.69, 9.17) is 9.84 Å². The lowest BCUT2D eigenvalue weighted by Gasteiger charge is -2.32. The van der Waals surface area contributed by atoms with Crippen molar-refractivity contribution in [1.29, 1.82) is 0 Å². The zero-order chi connectivity index (χ0) is 17.5. The fraction of sp³-hybridized carbons (Fsp3) is 0.471. The lowest BCUT2D eigenvalue weighted by Crippen LogP contribution is -2.41. The first-order chi connectivity index (χ1) is 11.5. The molecule has 0 bridgehead atoms. The Morgan fingerprint density at radius 2 is 2.00 bits per heavy atom. The molecule has 1 saturated heterocycles. The third-order valence-electron chi connectivity index (χ3n) is 3.98. The number of piperidine rings is 1. The number of carbonyl (C=O) groups is 3. The van der Waals surface area contributed by atoms with Gasteiger partial charge in [-0.15, -0.1) is 0 Å². The molecule has 0 radical (unpaired) electrons. The highest BCUT2D eigenvalue weighted by atomic mass is 16.5. The molecular formula is C17H22N2O5. The number of ether oxygens (including phenoxy) is 1. The Balaban J connectivity index is 1.89. The van der Waals surface area contributed by atoms with Crippen molar-refractivity contribution in [3.05, 3.63) is 29.8 Å². The summed E-state index contributed by atoms with van der Waals surface area (Å²) in [4.78, 5) is 35.8. The molecule has 1 aliphatic heterocycles. The van der Waals surface area contributed by atoms with Gasteiger partial charge in [-0.25, -0.2) is 4.79 Å². The van der Waals surface area contributed by atoms with Crippen LogP contribution in [0.5, 0.6) is 5.75 Å². The summed E-state index contributed by atoms with van der Waals surface area (Å²) in [5.41, 5.74) is 0.484. The van der Waals surface area contributed by atoms with Crippen LogP contribution in [-0.4, -0.2) is 54.0 Å². The Hall–Kier alpha value is -2.57. The second-order valence-electron chi connectivity index (χ2n) is 5.88. The summed E-state index contributed by atoms with van der Waals surface area (Å²) in [5.74, 6) is -0.430. The van der Waals surface area contributed by atoms with E-state index in [1.807, 2.05) is 0 Å². The van der Waals surface area contributed by atoms with Crippen molar-refractivity contribution in [2.45, 2.75) is 19.8 Å². The van der Waals surface area contributed by atoms with Crippen molar-refractivity contribution in [3.63, 3.8) is 0 Å². The van der Waals surface area contributed by atoms with Gasteiger partial charge in [0, 0.05) is 32.1 Å². The molecule has 2 N–H and O–H groups in total. The second kappa shape index (κ2) is 8.33. The average molecular weight is 334 g/mol. The average Bonchev–Trinajstić information content (AvgIpc) is 2.58. The number of carboxylic acid groups (broad SMARTS) is 1. The lowest BCUT2D eigenvalue weighted by atomic mass is 9.96. The third-order valence-corrected chi connectivity index (χ3v) is 3.98. The number of nitrogens with one attached hydrogen (secondary N) is 1. The zero-order valence-corrected chi connectivity index (χ0v) is 13.7. The van der Waals surface area contributed by atoms with Crippen molar-refractivity contribution in [3.8, 4) is 5.75 Å². The lowest BCUT2D eigenvalue weighted by molar-refractivity contribution is -0.139. The number of rotatable bonds is 6. The molecule has 24 heavy (non-hydrogen) atoms. The molecule has 1 heterocycles. The maximum Gasteiger partial charge on any atom is 0.341 e. The Morgan fingerprint density at radius 3 is 2.62 bits per heavy atom. The van der Waals surface area contributed by atoms with Gasteiger partial charge in [-0.3, -0.25) is 9.59 Å². The van der Waals surface area contributed by atoms with Crippen LogP contribution in [0.15, 0.2) is 24.3 Å². The van der Waals surface area contributed by atoms with Gasteiger partial charge in [-0.2, -0.15) is 0 Å². The first kappa shape index (κ1) is 17.8. The molecule has 0 aliphatic carbocycles. The van der Waals surface area contributed by atoms with Gasteiger partial charge < -0.3 is 20.1 Å². The minimum Gasteiger partial charge on any atom is -0.482 e. The Bertz CT molecular complexity index is 609. The molecule has 0 spiro atoms. The molecule has 0 aromatic heterocycles. The predicted octanol–water partition coefficient (Wildman–Crippen LogP) is 1.14. The second-order valence-corrected chi connectivity index (χ2v) is 5.88. The SMILES string of the molecule is CC(=O)NCC1CCN(C(=O)c2cccc(OCC(=O)O)c2)CC1. The number of benzene rings is 1. The Labute approximate surface area is 140 Å². The van der Waals surface area contributed by atoms with E-state index in [9.17, 15) is 14.4 Å². The van der Waals surface area contributed by atoms with Gasteiger partial charge >= 0.3 is 5.97 Å². The molecule has 0 atom stereocenters. The van der Waals surface area contributed by atoms with E-state index < -0.39 is 12.6 Å². The van der Waals surface area contributed by atoms with Crippen molar-refractivity contribution in [2.75, 3.05) is 26.2 Å². The Kier molecular flexibility index (Phi) is 6.17. The first-order valence-electron chi connectivity index (χ1n) is 7.94. The maximum absolute atomic E-state index is 12.5. The smallest absolute Gasteiger partial charge is 0.341 e. The normalized spacial score (nSPS) is 15.0. The Morgan fingerprint density at radius 1 is 1.29 bits per heavy atom. The van der Waals surface area contributed by atoms with Crippen LogP contribution in [0.2, 0.25) is 0 Å². The van der Waals surface area contributed by atoms with Crippen molar-refractivity contribution in [1.82, 2.24) is 10.2 Å². The minimum absolute atomic E-state index is 0.0355. The van der Waals surface area contributed by atoms with E-state index >= 15 is 0 Å². The first-order valence-corrected chi connectivity index (χ1v) is 7.94. The quantitative estimate of drug-likeness (QED) is 0.813. The third kappa shape index (κ3) is 5.26. The maximum atomic E-state index is 12.5. The van der Waals surface area contributed by atoms with E-state index in [1.54, 1.807) is 29.2 Å². The molecular weight excluding hydrogens is 312 g/mol. The van der Waals surface area contributed by atoms with Crippen LogP contribution < -0.4 is 10.1 Å². The molecule has 0 unspecified atom stereocenters. The number of carboxylic acids is 1. The molecule has 1 aliphatic rings. The number of carbonyl (C=O) groups excluding carboxylic acids is 2. The van der Waals surface area contributed by atoms with Gasteiger partial charge in [0.25, 0.3) is 5.91 Å². The summed E-state index contributed by atoms with van der Waals surface area (Å²) in [6, 6.07) is 6.56. The summed E-state index contributed by atoms with van der Waals surface area (Å²) in [6.45, 7) is 2.99. The molecule has 0 saturated carbocycles. The fourth-order valence-corrected chi connectivity index (χ4v) is 2.67. The van der Waals surface area contributed by atoms with Crippen LogP contribution in [0.3, 0.4) is 0 Å². The van der Waals surface area contributed by atoms with Crippen LogP contribution in [0.1, 0.15) is 30.1 Å². The molecule has 7 nitrogen and oxygen atoms in total. The van der Waals surface area contributed by atoms with Gasteiger partial charge in [0.2, 0.25) is 5.91 Å². The molecule has 130 valence electrons. The number of aliphatic carboxylic acids is 1.